The maximum Gasteiger partial charge on any atom is 0.125 e. The fourth-order valence-electron chi connectivity index (χ4n) is 2.14. The first-order valence-electron chi connectivity index (χ1n) is 6.74. The second-order valence-electron chi connectivity index (χ2n) is 4.64. The van der Waals surface area contributed by atoms with Gasteiger partial charge in [-0.15, -0.1) is 0 Å². The summed E-state index contributed by atoms with van der Waals surface area (Å²) in [5, 5.41) is 4.54. The Morgan fingerprint density at radius 2 is 2.16 bits per heavy atom. The lowest BCUT2D eigenvalue weighted by Crippen LogP contribution is -2.17. The summed E-state index contributed by atoms with van der Waals surface area (Å²) in [4.78, 5) is 8.48. The van der Waals surface area contributed by atoms with Crippen molar-refractivity contribution in [1.82, 2.24) is 19.7 Å². The Labute approximate surface area is 113 Å². The Kier molecular flexibility index (Phi) is 4.27. The van der Waals surface area contributed by atoms with Crippen molar-refractivity contribution >= 4 is 0 Å². The number of nitrogens with zero attached hydrogens (tertiary/aromatic N) is 4. The number of hydrogen-bond donors (Lipinski definition) is 1. The lowest BCUT2D eigenvalue weighted by Gasteiger charge is -2.12. The van der Waals surface area contributed by atoms with E-state index in [0.717, 1.165) is 36.6 Å². The molecule has 0 aliphatic rings. The van der Waals surface area contributed by atoms with E-state index in [2.05, 4.69) is 35.0 Å². The van der Waals surface area contributed by atoms with Gasteiger partial charge in [0, 0.05) is 24.9 Å². The molecule has 2 aromatic rings. The molecule has 2 heterocycles. The minimum Gasteiger partial charge on any atom is -0.322 e. The summed E-state index contributed by atoms with van der Waals surface area (Å²) in [7, 11) is 0. The molecule has 0 fully saturated rings. The molecule has 102 valence electrons. The molecule has 0 aliphatic carbocycles. The smallest absolute Gasteiger partial charge is 0.125 e. The molecule has 2 aromatic heterocycles. The highest BCUT2D eigenvalue weighted by Gasteiger charge is 2.13. The maximum absolute atomic E-state index is 6.24. The average molecular weight is 259 g/mol. The fourth-order valence-corrected chi connectivity index (χ4v) is 2.14. The second-order valence-corrected chi connectivity index (χ2v) is 4.64. The summed E-state index contributed by atoms with van der Waals surface area (Å²) in [6.45, 7) is 6.95. The maximum atomic E-state index is 6.24. The van der Waals surface area contributed by atoms with Crippen LogP contribution < -0.4 is 5.73 Å². The van der Waals surface area contributed by atoms with Crippen LogP contribution in [0.3, 0.4) is 0 Å². The zero-order valence-corrected chi connectivity index (χ0v) is 11.8. The Bertz CT molecular complexity index is 547. The zero-order valence-electron chi connectivity index (χ0n) is 11.8. The molecule has 0 aromatic carbocycles. The van der Waals surface area contributed by atoms with Crippen LogP contribution in [0.2, 0.25) is 0 Å². The standard InChI is InChI=1S/C14H21N5/c1-4-11-8-12(19(5-2)18-11)9-13(15)14-6-7-16-10(3)17-14/h6-8,13H,4-5,9,15H2,1-3H3. The molecule has 0 bridgehead atoms. The highest BCUT2D eigenvalue weighted by Crippen LogP contribution is 2.15. The van der Waals surface area contributed by atoms with E-state index in [-0.39, 0.29) is 6.04 Å². The molecule has 0 saturated heterocycles. The monoisotopic (exact) mass is 259 g/mol. The van der Waals surface area contributed by atoms with Gasteiger partial charge in [-0.05, 0) is 32.4 Å². The predicted octanol–water partition coefficient (Wildman–Crippen LogP) is 1.81. The van der Waals surface area contributed by atoms with Crippen molar-refractivity contribution < 1.29 is 0 Å². The van der Waals surface area contributed by atoms with E-state index in [1.54, 1.807) is 6.20 Å². The molecule has 0 spiro atoms. The Morgan fingerprint density at radius 3 is 2.79 bits per heavy atom. The molecule has 0 saturated carbocycles. The summed E-state index contributed by atoms with van der Waals surface area (Å²) >= 11 is 0. The molecule has 19 heavy (non-hydrogen) atoms. The van der Waals surface area contributed by atoms with Crippen LogP contribution in [0.5, 0.6) is 0 Å². The minimum atomic E-state index is -0.117. The minimum absolute atomic E-state index is 0.117. The van der Waals surface area contributed by atoms with E-state index < -0.39 is 0 Å². The largest absolute Gasteiger partial charge is 0.322 e. The van der Waals surface area contributed by atoms with Gasteiger partial charge in [0.15, 0.2) is 0 Å². The number of nitrogens with two attached hydrogens (primary N) is 1. The van der Waals surface area contributed by atoms with Gasteiger partial charge in [-0.2, -0.15) is 5.10 Å². The molecule has 1 unspecified atom stereocenters. The van der Waals surface area contributed by atoms with Gasteiger partial charge in [0.05, 0.1) is 17.4 Å². The van der Waals surface area contributed by atoms with Crippen molar-refractivity contribution in [1.29, 1.82) is 0 Å². The van der Waals surface area contributed by atoms with Gasteiger partial charge in [-0.25, -0.2) is 9.97 Å². The van der Waals surface area contributed by atoms with Crippen LogP contribution in [0.15, 0.2) is 18.3 Å². The van der Waals surface area contributed by atoms with Gasteiger partial charge < -0.3 is 5.73 Å². The summed E-state index contributed by atoms with van der Waals surface area (Å²) in [5.74, 6) is 0.756. The van der Waals surface area contributed by atoms with Crippen LogP contribution in [0.1, 0.15) is 42.8 Å². The van der Waals surface area contributed by atoms with E-state index in [1.165, 1.54) is 5.69 Å². The van der Waals surface area contributed by atoms with Gasteiger partial charge in [0.25, 0.3) is 0 Å². The number of aromatic nitrogens is 4. The van der Waals surface area contributed by atoms with Crippen LogP contribution in [-0.2, 0) is 19.4 Å². The number of rotatable bonds is 5. The molecule has 5 heteroatoms. The summed E-state index contributed by atoms with van der Waals surface area (Å²) in [6, 6.07) is 3.90. The second kappa shape index (κ2) is 5.93. The van der Waals surface area contributed by atoms with Gasteiger partial charge in [0.2, 0.25) is 0 Å². The van der Waals surface area contributed by atoms with Crippen molar-refractivity contribution in [3.05, 3.63) is 41.2 Å². The van der Waals surface area contributed by atoms with Crippen LogP contribution >= 0.6 is 0 Å². The quantitative estimate of drug-likeness (QED) is 0.889. The first-order chi connectivity index (χ1) is 9.13. The van der Waals surface area contributed by atoms with Crippen molar-refractivity contribution in [2.45, 2.75) is 46.2 Å². The molecule has 0 amide bonds. The highest BCUT2D eigenvalue weighted by molar-refractivity contribution is 5.15. The molecule has 1 atom stereocenters. The molecule has 5 nitrogen and oxygen atoms in total. The predicted molar refractivity (Wildman–Crippen MR) is 74.7 cm³/mol. The van der Waals surface area contributed by atoms with Crippen LogP contribution in [0.4, 0.5) is 0 Å². The topological polar surface area (TPSA) is 69.6 Å². The third-order valence-electron chi connectivity index (χ3n) is 3.18. The van der Waals surface area contributed by atoms with Gasteiger partial charge in [-0.3, -0.25) is 4.68 Å². The van der Waals surface area contributed by atoms with E-state index in [4.69, 9.17) is 5.73 Å². The third kappa shape index (κ3) is 3.17. The zero-order chi connectivity index (χ0) is 13.8. The van der Waals surface area contributed by atoms with Crippen LogP contribution in [-0.4, -0.2) is 19.7 Å². The first kappa shape index (κ1) is 13.7. The van der Waals surface area contributed by atoms with Gasteiger partial charge >= 0.3 is 0 Å². The lowest BCUT2D eigenvalue weighted by atomic mass is 10.1. The van der Waals surface area contributed by atoms with Crippen molar-refractivity contribution in [3.8, 4) is 0 Å². The van der Waals surface area contributed by atoms with Gasteiger partial charge in [0.1, 0.15) is 5.82 Å². The summed E-state index contributed by atoms with van der Waals surface area (Å²) in [5.41, 5.74) is 9.41. The van der Waals surface area contributed by atoms with Crippen molar-refractivity contribution in [3.63, 3.8) is 0 Å². The van der Waals surface area contributed by atoms with E-state index in [1.807, 2.05) is 17.7 Å². The summed E-state index contributed by atoms with van der Waals surface area (Å²) in [6.07, 6.45) is 3.45. The van der Waals surface area contributed by atoms with Crippen molar-refractivity contribution in [2.24, 2.45) is 5.73 Å². The molecule has 2 rings (SSSR count). The molecule has 2 N–H and O–H groups in total. The van der Waals surface area contributed by atoms with Crippen LogP contribution in [0, 0.1) is 6.92 Å². The highest BCUT2D eigenvalue weighted by atomic mass is 15.3. The molecule has 0 radical (unpaired) electrons. The Hall–Kier alpha value is -1.75. The Balaban J connectivity index is 2.18. The van der Waals surface area contributed by atoms with Gasteiger partial charge in [-0.1, -0.05) is 6.92 Å². The third-order valence-corrected chi connectivity index (χ3v) is 3.18. The first-order valence-corrected chi connectivity index (χ1v) is 6.74. The SMILES string of the molecule is CCc1cc(CC(N)c2ccnc(C)n2)n(CC)n1. The van der Waals surface area contributed by atoms with E-state index in [0.29, 0.717) is 0 Å². The molecular formula is C14H21N5. The normalized spacial score (nSPS) is 12.6. The number of hydrogen-bond acceptors (Lipinski definition) is 4. The van der Waals surface area contributed by atoms with Crippen LogP contribution in [0.25, 0.3) is 0 Å². The van der Waals surface area contributed by atoms with E-state index >= 15 is 0 Å². The van der Waals surface area contributed by atoms with Crippen molar-refractivity contribution in [2.75, 3.05) is 0 Å². The summed E-state index contributed by atoms with van der Waals surface area (Å²) < 4.78 is 2.02. The number of aryl methyl sites for hydroxylation is 3. The van der Waals surface area contributed by atoms with E-state index in [9.17, 15) is 0 Å². The lowest BCUT2D eigenvalue weighted by molar-refractivity contribution is 0.579. The Morgan fingerprint density at radius 1 is 1.37 bits per heavy atom. The average Bonchev–Trinajstić information content (AvgIpc) is 2.81. The molecular weight excluding hydrogens is 238 g/mol. The molecule has 0 aliphatic heterocycles. The fraction of sp³-hybridized carbons (Fsp3) is 0.500.